The molecule has 0 N–H and O–H groups in total. The van der Waals surface area contributed by atoms with Gasteiger partial charge in [0.2, 0.25) is 0 Å². The van der Waals surface area contributed by atoms with Crippen molar-refractivity contribution in [3.63, 3.8) is 0 Å². The lowest BCUT2D eigenvalue weighted by molar-refractivity contribution is 0.152. The molecule has 0 aromatic heterocycles. The molecule has 4 heteroatoms. The van der Waals surface area contributed by atoms with Crippen LogP contribution in [-0.4, -0.2) is 38.8 Å². The Morgan fingerprint density at radius 3 is 2.94 bits per heavy atom. The molecule has 18 heavy (non-hydrogen) atoms. The van der Waals surface area contributed by atoms with Gasteiger partial charge in [0.25, 0.3) is 0 Å². The summed E-state index contributed by atoms with van der Waals surface area (Å²) in [5.74, 6) is 1.60. The van der Waals surface area contributed by atoms with Crippen LogP contribution in [0.1, 0.15) is 12.0 Å². The van der Waals surface area contributed by atoms with Crippen LogP contribution in [0.4, 0.5) is 0 Å². The Labute approximate surface area is 117 Å². The molecule has 2 rings (SSSR count). The van der Waals surface area contributed by atoms with E-state index in [9.17, 15) is 0 Å². The van der Waals surface area contributed by atoms with Gasteiger partial charge in [0.05, 0.1) is 13.7 Å². The van der Waals surface area contributed by atoms with Crippen molar-refractivity contribution in [3.05, 3.63) is 28.2 Å². The molecular weight excluding hydrogens is 294 g/mol. The minimum atomic E-state index is 0.680. The predicted octanol–water partition coefficient (Wildman–Crippen LogP) is 2.93. The normalized spacial score (nSPS) is 20.3. The van der Waals surface area contributed by atoms with Crippen LogP contribution in [0.2, 0.25) is 0 Å². The summed E-state index contributed by atoms with van der Waals surface area (Å²) in [6.07, 6.45) is 1.23. The van der Waals surface area contributed by atoms with Crippen molar-refractivity contribution in [2.75, 3.05) is 33.9 Å². The Balaban J connectivity index is 1.97. The van der Waals surface area contributed by atoms with E-state index < -0.39 is 0 Å². The topological polar surface area (TPSA) is 21.7 Å². The molecule has 0 radical (unpaired) electrons. The van der Waals surface area contributed by atoms with Gasteiger partial charge in [-0.2, -0.15) is 0 Å². The molecule has 1 atom stereocenters. The summed E-state index contributed by atoms with van der Waals surface area (Å²) < 4.78 is 11.7. The molecule has 1 aromatic rings. The highest BCUT2D eigenvalue weighted by Crippen LogP contribution is 2.26. The monoisotopic (exact) mass is 313 g/mol. The van der Waals surface area contributed by atoms with Gasteiger partial charge in [-0.15, -0.1) is 0 Å². The number of ether oxygens (including phenoxy) is 2. The van der Waals surface area contributed by atoms with Crippen LogP contribution in [0.25, 0.3) is 0 Å². The molecule has 1 aromatic carbocycles. The maximum atomic E-state index is 5.27. The Morgan fingerprint density at radius 1 is 1.39 bits per heavy atom. The van der Waals surface area contributed by atoms with Crippen molar-refractivity contribution in [1.29, 1.82) is 0 Å². The van der Waals surface area contributed by atoms with Crippen LogP contribution >= 0.6 is 15.9 Å². The first-order valence-electron chi connectivity index (χ1n) is 6.26. The third-order valence-electron chi connectivity index (χ3n) is 3.42. The number of likely N-dealkylation sites (tertiary alicyclic amines) is 1. The molecule has 100 valence electrons. The fourth-order valence-electron chi connectivity index (χ4n) is 2.47. The maximum Gasteiger partial charge on any atom is 0.119 e. The van der Waals surface area contributed by atoms with E-state index in [2.05, 4.69) is 33.0 Å². The lowest BCUT2D eigenvalue weighted by atomic mass is 10.1. The minimum absolute atomic E-state index is 0.680. The first-order valence-corrected chi connectivity index (χ1v) is 7.06. The smallest absolute Gasteiger partial charge is 0.119 e. The van der Waals surface area contributed by atoms with Gasteiger partial charge in [-0.3, -0.25) is 4.90 Å². The second kappa shape index (κ2) is 6.55. The van der Waals surface area contributed by atoms with Gasteiger partial charge in [0, 0.05) is 24.7 Å². The number of halogens is 1. The molecule has 3 nitrogen and oxygen atoms in total. The molecule has 1 aliphatic rings. The fourth-order valence-corrected chi connectivity index (χ4v) is 2.84. The Hall–Kier alpha value is -0.580. The van der Waals surface area contributed by atoms with Crippen molar-refractivity contribution < 1.29 is 9.47 Å². The van der Waals surface area contributed by atoms with E-state index in [1.165, 1.54) is 12.0 Å². The van der Waals surface area contributed by atoms with Gasteiger partial charge in [-0.25, -0.2) is 0 Å². The number of benzene rings is 1. The molecule has 1 fully saturated rings. The largest absolute Gasteiger partial charge is 0.497 e. The van der Waals surface area contributed by atoms with Crippen LogP contribution in [0.3, 0.4) is 0 Å². The lowest BCUT2D eigenvalue weighted by Gasteiger charge is -2.17. The third-order valence-corrected chi connectivity index (χ3v) is 4.19. The first kappa shape index (κ1) is 13.8. The summed E-state index contributed by atoms with van der Waals surface area (Å²) in [7, 11) is 3.48. The van der Waals surface area contributed by atoms with Crippen molar-refractivity contribution in [1.82, 2.24) is 4.90 Å². The third kappa shape index (κ3) is 3.46. The van der Waals surface area contributed by atoms with Gasteiger partial charge in [0.15, 0.2) is 0 Å². The van der Waals surface area contributed by atoms with E-state index in [0.717, 1.165) is 36.5 Å². The average Bonchev–Trinajstić information content (AvgIpc) is 2.80. The van der Waals surface area contributed by atoms with Crippen molar-refractivity contribution in [3.8, 4) is 5.75 Å². The Morgan fingerprint density at radius 2 is 2.22 bits per heavy atom. The van der Waals surface area contributed by atoms with E-state index in [0.29, 0.717) is 5.92 Å². The van der Waals surface area contributed by atoms with Gasteiger partial charge < -0.3 is 9.47 Å². The van der Waals surface area contributed by atoms with Gasteiger partial charge in [0.1, 0.15) is 5.75 Å². The molecule has 1 unspecified atom stereocenters. The lowest BCUT2D eigenvalue weighted by Crippen LogP contribution is -2.21. The predicted molar refractivity (Wildman–Crippen MR) is 76.0 cm³/mol. The molecule has 0 bridgehead atoms. The van der Waals surface area contributed by atoms with Gasteiger partial charge >= 0.3 is 0 Å². The molecule has 0 saturated carbocycles. The minimum Gasteiger partial charge on any atom is -0.497 e. The molecule has 1 heterocycles. The number of nitrogens with zero attached hydrogens (tertiary/aromatic N) is 1. The Bertz CT molecular complexity index is 397. The first-order chi connectivity index (χ1) is 8.72. The zero-order valence-electron chi connectivity index (χ0n) is 11.0. The molecule has 0 spiro atoms. The molecule has 0 amide bonds. The summed E-state index contributed by atoms with van der Waals surface area (Å²) in [5, 5.41) is 0. The number of rotatable bonds is 5. The summed E-state index contributed by atoms with van der Waals surface area (Å²) in [5.41, 5.74) is 1.28. The van der Waals surface area contributed by atoms with Crippen LogP contribution < -0.4 is 4.74 Å². The average molecular weight is 314 g/mol. The number of methoxy groups -OCH3 is 2. The molecule has 0 aliphatic carbocycles. The van der Waals surface area contributed by atoms with Crippen molar-refractivity contribution in [2.24, 2.45) is 5.92 Å². The van der Waals surface area contributed by atoms with E-state index in [1.807, 2.05) is 6.07 Å². The van der Waals surface area contributed by atoms with Crippen molar-refractivity contribution >= 4 is 15.9 Å². The van der Waals surface area contributed by atoms with Crippen LogP contribution in [-0.2, 0) is 11.3 Å². The van der Waals surface area contributed by atoms with Gasteiger partial charge in [-0.1, -0.05) is 15.9 Å². The molecule has 1 aliphatic heterocycles. The quantitative estimate of drug-likeness (QED) is 0.834. The standard InChI is InChI=1S/C14H20BrNO2/c1-17-10-11-5-6-16(8-11)9-12-7-13(18-2)3-4-14(12)15/h3-4,7,11H,5-6,8-10H2,1-2H3. The summed E-state index contributed by atoms with van der Waals surface area (Å²) in [6.45, 7) is 4.11. The number of hydrogen-bond acceptors (Lipinski definition) is 3. The molecule has 1 saturated heterocycles. The van der Waals surface area contributed by atoms with Crippen LogP contribution in [0.15, 0.2) is 22.7 Å². The zero-order chi connectivity index (χ0) is 13.0. The summed E-state index contributed by atoms with van der Waals surface area (Å²) >= 11 is 3.61. The zero-order valence-corrected chi connectivity index (χ0v) is 12.6. The van der Waals surface area contributed by atoms with E-state index in [-0.39, 0.29) is 0 Å². The highest BCUT2D eigenvalue weighted by atomic mass is 79.9. The Kier molecular flexibility index (Phi) is 5.03. The summed E-state index contributed by atoms with van der Waals surface area (Å²) in [6, 6.07) is 6.13. The SMILES string of the molecule is COCC1CCN(Cc2cc(OC)ccc2Br)C1. The second-order valence-corrected chi connectivity index (χ2v) is 5.66. The van der Waals surface area contributed by atoms with E-state index in [1.54, 1.807) is 14.2 Å². The highest BCUT2D eigenvalue weighted by molar-refractivity contribution is 9.10. The van der Waals surface area contributed by atoms with E-state index in [4.69, 9.17) is 9.47 Å². The fraction of sp³-hybridized carbons (Fsp3) is 0.571. The van der Waals surface area contributed by atoms with E-state index >= 15 is 0 Å². The second-order valence-electron chi connectivity index (χ2n) is 4.80. The van der Waals surface area contributed by atoms with Crippen molar-refractivity contribution in [2.45, 2.75) is 13.0 Å². The number of hydrogen-bond donors (Lipinski definition) is 0. The maximum absolute atomic E-state index is 5.27. The highest BCUT2D eigenvalue weighted by Gasteiger charge is 2.22. The molecular formula is C14H20BrNO2. The van der Waals surface area contributed by atoms with Crippen LogP contribution in [0.5, 0.6) is 5.75 Å². The summed E-state index contributed by atoms with van der Waals surface area (Å²) in [4.78, 5) is 2.48. The van der Waals surface area contributed by atoms with Gasteiger partial charge in [-0.05, 0) is 42.6 Å². The van der Waals surface area contributed by atoms with Crippen LogP contribution in [0, 0.1) is 5.92 Å².